The van der Waals surface area contributed by atoms with Crippen LogP contribution >= 0.6 is 11.6 Å². The molecule has 2 aromatic carbocycles. The SMILES string of the molecule is Cc1cc(O)ccc1NC(=O)c1cc([N+](=O)[O-])ccc1Cl. The number of aryl methyl sites for hydroxylation is 1. The molecule has 108 valence electrons. The highest BCUT2D eigenvalue weighted by atomic mass is 35.5. The van der Waals surface area contributed by atoms with Gasteiger partial charge in [-0.15, -0.1) is 0 Å². The van der Waals surface area contributed by atoms with E-state index in [-0.39, 0.29) is 22.0 Å². The molecule has 21 heavy (non-hydrogen) atoms. The van der Waals surface area contributed by atoms with E-state index < -0.39 is 10.8 Å². The first-order valence-corrected chi connectivity index (χ1v) is 6.31. The molecule has 0 aromatic heterocycles. The third-order valence-electron chi connectivity index (χ3n) is 2.86. The molecule has 0 spiro atoms. The molecule has 0 atom stereocenters. The van der Waals surface area contributed by atoms with Crippen LogP contribution in [0.2, 0.25) is 5.02 Å². The number of amides is 1. The Balaban J connectivity index is 2.32. The number of carbonyl (C=O) groups is 1. The van der Waals surface area contributed by atoms with E-state index in [1.54, 1.807) is 6.92 Å². The Labute approximate surface area is 125 Å². The minimum absolute atomic E-state index is 0.0124. The molecule has 0 aliphatic carbocycles. The van der Waals surface area contributed by atoms with Crippen molar-refractivity contribution in [3.63, 3.8) is 0 Å². The van der Waals surface area contributed by atoms with Gasteiger partial charge >= 0.3 is 0 Å². The molecular formula is C14H11ClN2O4. The summed E-state index contributed by atoms with van der Waals surface area (Å²) in [7, 11) is 0. The summed E-state index contributed by atoms with van der Waals surface area (Å²) in [4.78, 5) is 22.3. The van der Waals surface area contributed by atoms with E-state index in [0.717, 1.165) is 6.07 Å². The van der Waals surface area contributed by atoms with Crippen LogP contribution in [0.25, 0.3) is 0 Å². The summed E-state index contributed by atoms with van der Waals surface area (Å²) in [6.45, 7) is 1.71. The van der Waals surface area contributed by atoms with Gasteiger partial charge in [0.2, 0.25) is 0 Å². The van der Waals surface area contributed by atoms with Crippen LogP contribution in [0.5, 0.6) is 5.75 Å². The Morgan fingerprint density at radius 3 is 2.62 bits per heavy atom. The number of halogens is 1. The van der Waals surface area contributed by atoms with Crippen molar-refractivity contribution in [3.05, 3.63) is 62.7 Å². The van der Waals surface area contributed by atoms with Crippen molar-refractivity contribution in [1.29, 1.82) is 0 Å². The van der Waals surface area contributed by atoms with Crippen LogP contribution < -0.4 is 5.32 Å². The third-order valence-corrected chi connectivity index (χ3v) is 3.19. The lowest BCUT2D eigenvalue weighted by atomic mass is 10.1. The maximum Gasteiger partial charge on any atom is 0.270 e. The van der Waals surface area contributed by atoms with E-state index in [4.69, 9.17) is 11.6 Å². The fourth-order valence-electron chi connectivity index (χ4n) is 1.78. The molecule has 0 heterocycles. The molecule has 6 nitrogen and oxygen atoms in total. The number of benzene rings is 2. The number of hydrogen-bond acceptors (Lipinski definition) is 4. The first-order chi connectivity index (χ1) is 9.88. The largest absolute Gasteiger partial charge is 0.508 e. The van der Waals surface area contributed by atoms with E-state index in [9.17, 15) is 20.0 Å². The molecule has 1 amide bonds. The predicted molar refractivity (Wildman–Crippen MR) is 78.9 cm³/mol. The van der Waals surface area contributed by atoms with Crippen molar-refractivity contribution in [2.45, 2.75) is 6.92 Å². The maximum absolute atomic E-state index is 12.2. The number of anilines is 1. The predicted octanol–water partition coefficient (Wildman–Crippen LogP) is 3.51. The smallest absolute Gasteiger partial charge is 0.270 e. The normalized spacial score (nSPS) is 10.2. The number of hydrogen-bond donors (Lipinski definition) is 2. The number of aromatic hydroxyl groups is 1. The van der Waals surface area contributed by atoms with Gasteiger partial charge in [-0.2, -0.15) is 0 Å². The number of nitrogens with one attached hydrogen (secondary N) is 1. The number of phenolic OH excluding ortho intramolecular Hbond substituents is 1. The second-order valence-electron chi connectivity index (χ2n) is 4.37. The number of non-ortho nitro benzene ring substituents is 1. The molecule has 0 saturated carbocycles. The van der Waals surface area contributed by atoms with Gasteiger partial charge in [-0.25, -0.2) is 0 Å². The van der Waals surface area contributed by atoms with Crippen molar-refractivity contribution in [1.82, 2.24) is 0 Å². The van der Waals surface area contributed by atoms with Crippen LogP contribution in [-0.4, -0.2) is 15.9 Å². The molecule has 0 radical (unpaired) electrons. The van der Waals surface area contributed by atoms with E-state index in [1.807, 2.05) is 0 Å². The summed E-state index contributed by atoms with van der Waals surface area (Å²) < 4.78 is 0. The molecule has 0 bridgehead atoms. The number of nitro benzene ring substituents is 1. The van der Waals surface area contributed by atoms with Gasteiger partial charge in [0.05, 0.1) is 15.5 Å². The zero-order valence-electron chi connectivity index (χ0n) is 11.0. The average molecular weight is 307 g/mol. The Morgan fingerprint density at radius 1 is 1.29 bits per heavy atom. The second kappa shape index (κ2) is 5.80. The second-order valence-corrected chi connectivity index (χ2v) is 4.78. The van der Waals surface area contributed by atoms with Gasteiger partial charge in [0.25, 0.3) is 11.6 Å². The number of carbonyl (C=O) groups excluding carboxylic acids is 1. The fraction of sp³-hybridized carbons (Fsp3) is 0.0714. The van der Waals surface area contributed by atoms with Crippen LogP contribution in [0.3, 0.4) is 0 Å². The van der Waals surface area contributed by atoms with Crippen LogP contribution in [0.4, 0.5) is 11.4 Å². The highest BCUT2D eigenvalue weighted by Crippen LogP contribution is 2.25. The Kier molecular flexibility index (Phi) is 4.09. The number of nitrogens with zero attached hydrogens (tertiary/aromatic N) is 1. The van der Waals surface area contributed by atoms with Crippen LogP contribution in [-0.2, 0) is 0 Å². The molecule has 0 fully saturated rings. The number of phenols is 1. The highest BCUT2D eigenvalue weighted by molar-refractivity contribution is 6.34. The Morgan fingerprint density at radius 2 is 2.00 bits per heavy atom. The van der Waals surface area contributed by atoms with Crippen molar-refractivity contribution in [2.75, 3.05) is 5.32 Å². The van der Waals surface area contributed by atoms with E-state index >= 15 is 0 Å². The molecular weight excluding hydrogens is 296 g/mol. The zero-order valence-corrected chi connectivity index (χ0v) is 11.7. The first-order valence-electron chi connectivity index (χ1n) is 5.93. The molecule has 7 heteroatoms. The zero-order chi connectivity index (χ0) is 15.6. The van der Waals surface area contributed by atoms with Gasteiger partial charge in [0.15, 0.2) is 0 Å². The van der Waals surface area contributed by atoms with Gasteiger partial charge < -0.3 is 10.4 Å². The fourth-order valence-corrected chi connectivity index (χ4v) is 1.98. The summed E-state index contributed by atoms with van der Waals surface area (Å²) in [5.74, 6) is -0.476. The monoisotopic (exact) mass is 306 g/mol. The number of nitro groups is 1. The van der Waals surface area contributed by atoms with Gasteiger partial charge in [-0.3, -0.25) is 14.9 Å². The lowest BCUT2D eigenvalue weighted by Gasteiger charge is -2.09. The third kappa shape index (κ3) is 3.29. The Bertz CT molecular complexity index is 731. The summed E-state index contributed by atoms with van der Waals surface area (Å²) >= 11 is 5.90. The van der Waals surface area contributed by atoms with E-state index in [1.165, 1.54) is 30.3 Å². The van der Waals surface area contributed by atoms with Gasteiger partial charge in [0, 0.05) is 17.8 Å². The van der Waals surface area contributed by atoms with Crippen LogP contribution in [0.15, 0.2) is 36.4 Å². The lowest BCUT2D eigenvalue weighted by Crippen LogP contribution is -2.13. The standard InChI is InChI=1S/C14H11ClN2O4/c1-8-6-10(18)3-5-13(8)16-14(19)11-7-9(17(20)21)2-4-12(11)15/h2-7,18H,1H3,(H,16,19). The molecule has 0 saturated heterocycles. The molecule has 2 N–H and O–H groups in total. The van der Waals surface area contributed by atoms with Crippen molar-refractivity contribution < 1.29 is 14.8 Å². The topological polar surface area (TPSA) is 92.5 Å². The lowest BCUT2D eigenvalue weighted by molar-refractivity contribution is -0.384. The minimum atomic E-state index is -0.598. The summed E-state index contributed by atoms with van der Waals surface area (Å²) in [6.07, 6.45) is 0. The summed E-state index contributed by atoms with van der Waals surface area (Å²) in [5, 5.41) is 22.8. The van der Waals surface area contributed by atoms with Gasteiger partial charge in [-0.1, -0.05) is 11.6 Å². The minimum Gasteiger partial charge on any atom is -0.508 e. The quantitative estimate of drug-likeness (QED) is 0.515. The molecule has 0 aliphatic heterocycles. The number of rotatable bonds is 3. The summed E-state index contributed by atoms with van der Waals surface area (Å²) in [5.41, 5.74) is 0.940. The molecule has 0 unspecified atom stereocenters. The molecule has 2 aromatic rings. The highest BCUT2D eigenvalue weighted by Gasteiger charge is 2.16. The Hall–Kier alpha value is -2.60. The average Bonchev–Trinajstić information content (AvgIpc) is 2.42. The van der Waals surface area contributed by atoms with Crippen LogP contribution in [0, 0.1) is 17.0 Å². The van der Waals surface area contributed by atoms with Crippen molar-refractivity contribution >= 4 is 28.9 Å². The van der Waals surface area contributed by atoms with Crippen molar-refractivity contribution in [3.8, 4) is 5.75 Å². The maximum atomic E-state index is 12.2. The van der Waals surface area contributed by atoms with E-state index in [2.05, 4.69) is 5.32 Å². The van der Waals surface area contributed by atoms with E-state index in [0.29, 0.717) is 11.3 Å². The summed E-state index contributed by atoms with van der Waals surface area (Å²) in [6, 6.07) is 8.10. The molecule has 0 aliphatic rings. The van der Waals surface area contributed by atoms with Crippen LogP contribution in [0.1, 0.15) is 15.9 Å². The molecule has 2 rings (SSSR count). The van der Waals surface area contributed by atoms with Crippen molar-refractivity contribution in [2.24, 2.45) is 0 Å². The van der Waals surface area contributed by atoms with Gasteiger partial charge in [0.1, 0.15) is 5.75 Å². The first kappa shape index (κ1) is 14.8. The van der Waals surface area contributed by atoms with Gasteiger partial charge in [-0.05, 0) is 36.8 Å².